The third kappa shape index (κ3) is 4.99. The van der Waals surface area contributed by atoms with Crippen LogP contribution in [0.2, 0.25) is 5.02 Å². The van der Waals surface area contributed by atoms with Crippen molar-refractivity contribution in [2.45, 2.75) is 13.8 Å². The van der Waals surface area contributed by atoms with Crippen molar-refractivity contribution in [1.82, 2.24) is 4.98 Å². The molecule has 0 aliphatic rings. The number of halogens is 1. The number of aryl methyl sites for hydroxylation is 1. The Labute approximate surface area is 163 Å². The van der Waals surface area contributed by atoms with Crippen molar-refractivity contribution in [1.29, 1.82) is 0 Å². The van der Waals surface area contributed by atoms with E-state index in [0.29, 0.717) is 10.7 Å². The quantitative estimate of drug-likeness (QED) is 0.525. The van der Waals surface area contributed by atoms with Gasteiger partial charge in [-0.1, -0.05) is 23.7 Å². The van der Waals surface area contributed by atoms with Gasteiger partial charge in [0.15, 0.2) is 0 Å². The van der Waals surface area contributed by atoms with Crippen LogP contribution < -0.4 is 16.0 Å². The molecular formula is C21H21ClN4O. The first kappa shape index (κ1) is 18.7. The summed E-state index contributed by atoms with van der Waals surface area (Å²) in [5.41, 5.74) is 4.59. The molecule has 0 fully saturated rings. The molecule has 2 amide bonds. The highest BCUT2D eigenvalue weighted by Gasteiger charge is 2.07. The molecule has 3 rings (SSSR count). The van der Waals surface area contributed by atoms with Crippen molar-refractivity contribution >= 4 is 34.8 Å². The van der Waals surface area contributed by atoms with E-state index in [4.69, 9.17) is 11.6 Å². The van der Waals surface area contributed by atoms with Crippen molar-refractivity contribution in [2.24, 2.45) is 0 Å². The minimum atomic E-state index is -0.317. The summed E-state index contributed by atoms with van der Waals surface area (Å²) in [4.78, 5) is 16.5. The number of pyridine rings is 1. The summed E-state index contributed by atoms with van der Waals surface area (Å²) in [6.07, 6.45) is 1.79. The van der Waals surface area contributed by atoms with Gasteiger partial charge in [-0.05, 0) is 73.0 Å². The summed E-state index contributed by atoms with van der Waals surface area (Å²) in [5, 5.41) is 9.40. The minimum absolute atomic E-state index is 0.317. The van der Waals surface area contributed by atoms with Crippen LogP contribution >= 0.6 is 11.6 Å². The average molecular weight is 381 g/mol. The van der Waals surface area contributed by atoms with Gasteiger partial charge in [-0.15, -0.1) is 0 Å². The fourth-order valence-corrected chi connectivity index (χ4v) is 2.99. The first-order valence-corrected chi connectivity index (χ1v) is 9.07. The van der Waals surface area contributed by atoms with Gasteiger partial charge in [-0.2, -0.15) is 0 Å². The first-order chi connectivity index (χ1) is 13.0. The zero-order valence-corrected chi connectivity index (χ0v) is 16.0. The molecule has 0 saturated heterocycles. The molecule has 1 aromatic heterocycles. The Bertz CT molecular complexity index is 958. The molecule has 3 aromatic rings. The van der Waals surface area contributed by atoms with E-state index in [-0.39, 0.29) is 6.03 Å². The van der Waals surface area contributed by atoms with Gasteiger partial charge in [0.2, 0.25) is 0 Å². The summed E-state index contributed by atoms with van der Waals surface area (Å²) in [7, 11) is 0. The smallest absolute Gasteiger partial charge is 0.323 e. The van der Waals surface area contributed by atoms with Gasteiger partial charge in [-0.3, -0.25) is 0 Å². The topological polar surface area (TPSA) is 66.0 Å². The van der Waals surface area contributed by atoms with Gasteiger partial charge in [0, 0.05) is 29.1 Å². The molecule has 0 atom stereocenters. The maximum Gasteiger partial charge on any atom is 0.323 e. The van der Waals surface area contributed by atoms with Gasteiger partial charge < -0.3 is 16.0 Å². The van der Waals surface area contributed by atoms with Crippen LogP contribution in [0.3, 0.4) is 0 Å². The Morgan fingerprint density at radius 2 is 1.81 bits per heavy atom. The lowest BCUT2D eigenvalue weighted by atomic mass is 10.0. The molecule has 0 saturated carbocycles. The molecule has 0 unspecified atom stereocenters. The number of carbonyl (C=O) groups is 1. The second-order valence-electron chi connectivity index (χ2n) is 6.08. The van der Waals surface area contributed by atoms with Gasteiger partial charge >= 0.3 is 6.03 Å². The summed E-state index contributed by atoms with van der Waals surface area (Å²) < 4.78 is 0. The van der Waals surface area contributed by atoms with Crippen LogP contribution in [0.1, 0.15) is 12.5 Å². The zero-order chi connectivity index (χ0) is 19.2. The molecule has 0 spiro atoms. The van der Waals surface area contributed by atoms with Crippen molar-refractivity contribution in [2.75, 3.05) is 22.5 Å². The highest BCUT2D eigenvalue weighted by atomic mass is 35.5. The van der Waals surface area contributed by atoms with Gasteiger partial charge in [0.25, 0.3) is 0 Å². The van der Waals surface area contributed by atoms with Gasteiger partial charge in [0.1, 0.15) is 5.82 Å². The summed E-state index contributed by atoms with van der Waals surface area (Å²) >= 11 is 5.94. The van der Waals surface area contributed by atoms with Crippen molar-refractivity contribution in [3.63, 3.8) is 0 Å². The van der Waals surface area contributed by atoms with E-state index in [1.807, 2.05) is 44.2 Å². The molecule has 0 aliphatic carbocycles. The molecule has 138 valence electrons. The predicted molar refractivity (Wildman–Crippen MR) is 113 cm³/mol. The Morgan fingerprint density at radius 1 is 1.04 bits per heavy atom. The zero-order valence-electron chi connectivity index (χ0n) is 15.2. The number of aromatic nitrogens is 1. The highest BCUT2D eigenvalue weighted by Crippen LogP contribution is 2.27. The summed E-state index contributed by atoms with van der Waals surface area (Å²) in [6.45, 7) is 4.87. The Hall–Kier alpha value is -3.05. The number of hydrogen-bond donors (Lipinski definition) is 3. The standard InChI is InChI=1S/C21H21ClN4O/c1-3-23-20-12-15(9-10-24-20)19-8-7-18(11-14(19)2)26-21(27)25-17-6-4-5-16(22)13-17/h4-13H,3H2,1-2H3,(H,23,24)(H2,25,26,27). The van der Waals surface area contributed by atoms with Crippen LogP contribution in [-0.2, 0) is 0 Å². The minimum Gasteiger partial charge on any atom is -0.370 e. The fourth-order valence-electron chi connectivity index (χ4n) is 2.80. The molecule has 5 nitrogen and oxygen atoms in total. The van der Waals surface area contributed by atoms with Crippen LogP contribution in [0, 0.1) is 6.92 Å². The summed E-state index contributed by atoms with van der Waals surface area (Å²) in [5.74, 6) is 0.845. The molecule has 0 aliphatic heterocycles. The van der Waals surface area contributed by atoms with E-state index in [2.05, 4.69) is 20.9 Å². The lowest BCUT2D eigenvalue weighted by Crippen LogP contribution is -2.19. The Kier molecular flexibility index (Phi) is 5.94. The molecule has 0 bridgehead atoms. The maximum atomic E-state index is 12.2. The molecule has 3 N–H and O–H groups in total. The number of benzene rings is 2. The predicted octanol–water partition coefficient (Wildman–Crippen LogP) is 5.79. The highest BCUT2D eigenvalue weighted by molar-refractivity contribution is 6.30. The first-order valence-electron chi connectivity index (χ1n) is 8.69. The van der Waals surface area contributed by atoms with Crippen LogP contribution in [0.25, 0.3) is 11.1 Å². The second kappa shape index (κ2) is 8.56. The molecule has 27 heavy (non-hydrogen) atoms. The maximum absolute atomic E-state index is 12.2. The Balaban J connectivity index is 1.73. The van der Waals surface area contributed by atoms with Crippen molar-refractivity contribution in [3.8, 4) is 11.1 Å². The van der Waals surface area contributed by atoms with E-state index in [1.165, 1.54) is 0 Å². The number of nitrogens with zero attached hydrogens (tertiary/aromatic N) is 1. The third-order valence-corrected chi connectivity index (χ3v) is 4.23. The number of rotatable bonds is 5. The van der Waals surface area contributed by atoms with E-state index in [0.717, 1.165) is 34.7 Å². The van der Waals surface area contributed by atoms with Gasteiger partial charge in [-0.25, -0.2) is 9.78 Å². The number of amides is 2. The Morgan fingerprint density at radius 3 is 2.52 bits per heavy atom. The SMILES string of the molecule is CCNc1cc(-c2ccc(NC(=O)Nc3cccc(Cl)c3)cc2C)ccn1. The fraction of sp³-hybridized carbons (Fsp3) is 0.143. The van der Waals surface area contributed by atoms with Crippen molar-refractivity contribution in [3.05, 3.63) is 71.4 Å². The van der Waals surface area contributed by atoms with E-state index in [1.54, 1.807) is 30.5 Å². The molecule has 0 radical (unpaired) electrons. The van der Waals surface area contributed by atoms with Crippen molar-refractivity contribution < 1.29 is 4.79 Å². The third-order valence-electron chi connectivity index (χ3n) is 4.00. The average Bonchev–Trinajstić information content (AvgIpc) is 2.62. The van der Waals surface area contributed by atoms with Crippen LogP contribution in [0.5, 0.6) is 0 Å². The van der Waals surface area contributed by atoms with E-state index in [9.17, 15) is 4.79 Å². The largest absolute Gasteiger partial charge is 0.370 e. The molecule has 6 heteroatoms. The number of carbonyl (C=O) groups excluding carboxylic acids is 1. The molecule has 1 heterocycles. The summed E-state index contributed by atoms with van der Waals surface area (Å²) in [6, 6.07) is 16.5. The van der Waals surface area contributed by atoms with Crippen LogP contribution in [-0.4, -0.2) is 17.6 Å². The molecule has 2 aromatic carbocycles. The lowest BCUT2D eigenvalue weighted by Gasteiger charge is -2.12. The number of hydrogen-bond acceptors (Lipinski definition) is 3. The van der Waals surface area contributed by atoms with E-state index >= 15 is 0 Å². The van der Waals surface area contributed by atoms with Crippen LogP contribution in [0.4, 0.5) is 22.0 Å². The van der Waals surface area contributed by atoms with Gasteiger partial charge in [0.05, 0.1) is 0 Å². The monoisotopic (exact) mass is 380 g/mol. The number of nitrogens with one attached hydrogen (secondary N) is 3. The number of urea groups is 1. The van der Waals surface area contributed by atoms with Crippen LogP contribution in [0.15, 0.2) is 60.8 Å². The normalized spacial score (nSPS) is 10.3. The lowest BCUT2D eigenvalue weighted by molar-refractivity contribution is 0.262. The second-order valence-corrected chi connectivity index (χ2v) is 6.52. The molecular weight excluding hydrogens is 360 g/mol. The number of anilines is 3. The van der Waals surface area contributed by atoms with E-state index < -0.39 is 0 Å².